The van der Waals surface area contributed by atoms with Gasteiger partial charge in [-0.2, -0.15) is 0 Å². The summed E-state index contributed by atoms with van der Waals surface area (Å²) in [6, 6.07) is 3.65. The molecule has 0 aromatic heterocycles. The molecule has 0 fully saturated rings. The molecule has 0 saturated heterocycles. The quantitative estimate of drug-likeness (QED) is 0.462. The van der Waals surface area contributed by atoms with Crippen molar-refractivity contribution in [3.05, 3.63) is 28.3 Å². The molecule has 1 aromatic carbocycles. The van der Waals surface area contributed by atoms with Gasteiger partial charge in [-0.15, -0.1) is 0 Å². The lowest BCUT2D eigenvalue weighted by Crippen LogP contribution is -2.13. The Hall–Kier alpha value is -1.55. The predicted octanol–water partition coefficient (Wildman–Crippen LogP) is 2.36. The van der Waals surface area contributed by atoms with E-state index in [1.807, 2.05) is 19.9 Å². The molecule has 0 heterocycles. The topological polar surface area (TPSA) is 61.7 Å². The highest BCUT2D eigenvalue weighted by molar-refractivity contribution is 6.37. The largest absolute Gasteiger partial charge is 0.411 e. The van der Waals surface area contributed by atoms with Crippen molar-refractivity contribution < 1.29 is 10.0 Å². The maximum atomic E-state index is 11.1. The number of oxime groups is 1. The van der Waals surface area contributed by atoms with Crippen LogP contribution >= 0.6 is 11.6 Å². The lowest BCUT2D eigenvalue weighted by molar-refractivity contribution is -0.110. The molecule has 0 radical (unpaired) electrons. The normalized spacial score (nSPS) is 10.6. The molecule has 1 rings (SSSR count). The van der Waals surface area contributed by atoms with Gasteiger partial charge in [0.2, 0.25) is 0 Å². The minimum Gasteiger partial charge on any atom is -0.411 e. The van der Waals surface area contributed by atoms with Gasteiger partial charge in [0, 0.05) is 0 Å². The molecule has 2 N–H and O–H groups in total. The standard InChI is InChI=1S/C10H11ClN2O2/c1-6-3-7(2)10(8(11)4-6)13-9(14)5-12-15/h3-5,15H,1-2H3,(H,13,14)/b12-5+. The molecule has 0 aliphatic rings. The van der Waals surface area contributed by atoms with E-state index in [1.54, 1.807) is 6.07 Å². The zero-order valence-corrected chi connectivity index (χ0v) is 9.17. The Morgan fingerprint density at radius 2 is 2.20 bits per heavy atom. The molecule has 0 saturated carbocycles. The highest BCUT2D eigenvalue weighted by atomic mass is 35.5. The molecular formula is C10H11ClN2O2. The van der Waals surface area contributed by atoms with Crippen molar-refractivity contribution in [3.63, 3.8) is 0 Å². The van der Waals surface area contributed by atoms with E-state index >= 15 is 0 Å². The smallest absolute Gasteiger partial charge is 0.270 e. The molecule has 15 heavy (non-hydrogen) atoms. The van der Waals surface area contributed by atoms with E-state index in [0.29, 0.717) is 10.7 Å². The number of anilines is 1. The van der Waals surface area contributed by atoms with Crippen molar-refractivity contribution in [1.29, 1.82) is 0 Å². The van der Waals surface area contributed by atoms with Crippen molar-refractivity contribution in [1.82, 2.24) is 0 Å². The Morgan fingerprint density at radius 3 is 2.73 bits per heavy atom. The number of hydrogen-bond acceptors (Lipinski definition) is 3. The second kappa shape index (κ2) is 4.79. The van der Waals surface area contributed by atoms with E-state index in [4.69, 9.17) is 16.8 Å². The number of halogens is 1. The Labute approximate surface area is 92.5 Å². The van der Waals surface area contributed by atoms with Crippen LogP contribution in [0, 0.1) is 13.8 Å². The molecule has 0 aliphatic heterocycles. The van der Waals surface area contributed by atoms with Crippen LogP contribution in [0.4, 0.5) is 5.69 Å². The summed E-state index contributed by atoms with van der Waals surface area (Å²) in [5.74, 6) is -0.522. The van der Waals surface area contributed by atoms with Crippen LogP contribution in [0.3, 0.4) is 0 Å². The summed E-state index contributed by atoms with van der Waals surface area (Å²) in [5.41, 5.74) is 2.41. The van der Waals surface area contributed by atoms with Gasteiger partial charge in [-0.25, -0.2) is 0 Å². The molecule has 4 nitrogen and oxygen atoms in total. The number of amides is 1. The lowest BCUT2D eigenvalue weighted by Gasteiger charge is -2.09. The van der Waals surface area contributed by atoms with Crippen LogP contribution in [0.25, 0.3) is 0 Å². The lowest BCUT2D eigenvalue weighted by atomic mass is 10.1. The van der Waals surface area contributed by atoms with E-state index < -0.39 is 5.91 Å². The molecule has 0 bridgehead atoms. The molecule has 0 aliphatic carbocycles. The molecule has 5 heteroatoms. The van der Waals surface area contributed by atoms with E-state index in [1.165, 1.54) is 0 Å². The van der Waals surface area contributed by atoms with E-state index in [0.717, 1.165) is 17.3 Å². The summed E-state index contributed by atoms with van der Waals surface area (Å²) in [5, 5.41) is 13.8. The van der Waals surface area contributed by atoms with Gasteiger partial charge in [0.05, 0.1) is 10.7 Å². The van der Waals surface area contributed by atoms with Crippen molar-refractivity contribution in [2.24, 2.45) is 5.16 Å². The van der Waals surface area contributed by atoms with Gasteiger partial charge in [-0.3, -0.25) is 4.79 Å². The second-order valence-corrected chi connectivity index (χ2v) is 3.58. The second-order valence-electron chi connectivity index (χ2n) is 3.17. The van der Waals surface area contributed by atoms with Gasteiger partial charge in [-0.1, -0.05) is 22.8 Å². The fraction of sp³-hybridized carbons (Fsp3) is 0.200. The molecule has 0 atom stereocenters. The van der Waals surface area contributed by atoms with E-state index in [9.17, 15) is 4.79 Å². The molecular weight excluding hydrogens is 216 g/mol. The number of nitrogens with zero attached hydrogens (tertiary/aromatic N) is 1. The Bertz CT molecular complexity index is 393. The van der Waals surface area contributed by atoms with Crippen LogP contribution in [-0.4, -0.2) is 17.3 Å². The Kier molecular flexibility index (Phi) is 3.68. The first-order valence-electron chi connectivity index (χ1n) is 4.29. The summed E-state index contributed by atoms with van der Waals surface area (Å²) in [6.07, 6.45) is 0.773. The van der Waals surface area contributed by atoms with Crippen LogP contribution in [0.5, 0.6) is 0 Å². The number of carbonyl (C=O) groups is 1. The van der Waals surface area contributed by atoms with E-state index in [2.05, 4.69) is 10.5 Å². The van der Waals surface area contributed by atoms with Crippen molar-refractivity contribution in [2.75, 3.05) is 5.32 Å². The van der Waals surface area contributed by atoms with Gasteiger partial charge in [0.1, 0.15) is 6.21 Å². The maximum absolute atomic E-state index is 11.1. The average molecular weight is 227 g/mol. The molecule has 0 unspecified atom stereocenters. The van der Waals surface area contributed by atoms with Crippen LogP contribution in [-0.2, 0) is 4.79 Å². The number of benzene rings is 1. The number of aryl methyl sites for hydroxylation is 2. The third-order valence-electron chi connectivity index (χ3n) is 1.85. The number of rotatable bonds is 2. The maximum Gasteiger partial charge on any atom is 0.270 e. The zero-order valence-electron chi connectivity index (χ0n) is 8.41. The summed E-state index contributed by atoms with van der Waals surface area (Å²) >= 11 is 5.96. The highest BCUT2D eigenvalue weighted by Crippen LogP contribution is 2.26. The van der Waals surface area contributed by atoms with Crippen LogP contribution < -0.4 is 5.32 Å². The first-order chi connectivity index (χ1) is 7.04. The van der Waals surface area contributed by atoms with Gasteiger partial charge in [-0.05, 0) is 31.0 Å². The Balaban J connectivity index is 3.00. The fourth-order valence-corrected chi connectivity index (χ4v) is 1.65. The third kappa shape index (κ3) is 2.95. The van der Waals surface area contributed by atoms with Crippen LogP contribution in [0.15, 0.2) is 17.3 Å². The number of carbonyl (C=O) groups excluding carboxylic acids is 1. The fourth-order valence-electron chi connectivity index (χ4n) is 1.28. The van der Waals surface area contributed by atoms with Crippen molar-refractivity contribution in [3.8, 4) is 0 Å². The summed E-state index contributed by atoms with van der Waals surface area (Å²) < 4.78 is 0. The molecule has 1 amide bonds. The van der Waals surface area contributed by atoms with Crippen LogP contribution in [0.1, 0.15) is 11.1 Å². The predicted molar refractivity (Wildman–Crippen MR) is 59.8 cm³/mol. The van der Waals surface area contributed by atoms with Crippen molar-refractivity contribution in [2.45, 2.75) is 13.8 Å². The monoisotopic (exact) mass is 226 g/mol. The molecule has 1 aromatic rings. The van der Waals surface area contributed by atoms with Gasteiger partial charge < -0.3 is 10.5 Å². The number of hydrogen-bond donors (Lipinski definition) is 2. The van der Waals surface area contributed by atoms with Crippen LogP contribution in [0.2, 0.25) is 5.02 Å². The minimum absolute atomic E-state index is 0.465. The van der Waals surface area contributed by atoms with Crippen molar-refractivity contribution >= 4 is 29.4 Å². The molecule has 0 spiro atoms. The summed E-state index contributed by atoms with van der Waals surface area (Å²) in [6.45, 7) is 3.75. The Morgan fingerprint density at radius 1 is 1.53 bits per heavy atom. The molecule has 80 valence electrons. The van der Waals surface area contributed by atoms with Gasteiger partial charge >= 0.3 is 0 Å². The van der Waals surface area contributed by atoms with Gasteiger partial charge in [0.25, 0.3) is 5.91 Å². The third-order valence-corrected chi connectivity index (χ3v) is 2.15. The van der Waals surface area contributed by atoms with E-state index in [-0.39, 0.29) is 0 Å². The summed E-state index contributed by atoms with van der Waals surface area (Å²) in [4.78, 5) is 11.1. The first-order valence-corrected chi connectivity index (χ1v) is 4.67. The zero-order chi connectivity index (χ0) is 11.4. The minimum atomic E-state index is -0.522. The SMILES string of the molecule is Cc1cc(C)c(NC(=O)/C=N/O)c(Cl)c1. The average Bonchev–Trinajstić information content (AvgIpc) is 2.11. The van der Waals surface area contributed by atoms with Gasteiger partial charge in [0.15, 0.2) is 0 Å². The summed E-state index contributed by atoms with van der Waals surface area (Å²) in [7, 11) is 0. The number of nitrogens with one attached hydrogen (secondary N) is 1. The highest BCUT2D eigenvalue weighted by Gasteiger charge is 2.07. The first kappa shape index (κ1) is 11.5.